The third-order valence-electron chi connectivity index (χ3n) is 1.45. The number of rotatable bonds is 3. The summed E-state index contributed by atoms with van der Waals surface area (Å²) in [5.41, 5.74) is 3.57. The molecule has 1 unspecified atom stereocenters. The maximum Gasteiger partial charge on any atom is 0.0954 e. The predicted octanol–water partition coefficient (Wildman–Crippen LogP) is 0.459. The summed E-state index contributed by atoms with van der Waals surface area (Å²) in [6, 6.07) is -0.115. The van der Waals surface area contributed by atoms with Crippen LogP contribution < -0.4 is 11.3 Å². The SMILES string of the molecule is C#CC(Cc1nc(C)cs1)NN. The lowest BCUT2D eigenvalue weighted by molar-refractivity contribution is 0.631. The van der Waals surface area contributed by atoms with E-state index in [1.54, 1.807) is 11.3 Å². The maximum absolute atomic E-state index is 5.22. The van der Waals surface area contributed by atoms with Gasteiger partial charge >= 0.3 is 0 Å². The van der Waals surface area contributed by atoms with Crippen molar-refractivity contribution < 1.29 is 0 Å². The quantitative estimate of drug-likeness (QED) is 0.404. The van der Waals surface area contributed by atoms with Crippen LogP contribution in [-0.2, 0) is 6.42 Å². The number of terminal acetylenes is 1. The molecule has 0 spiro atoms. The van der Waals surface area contributed by atoms with E-state index in [9.17, 15) is 0 Å². The van der Waals surface area contributed by atoms with Crippen LogP contribution in [0.1, 0.15) is 10.7 Å². The summed E-state index contributed by atoms with van der Waals surface area (Å²) in [5.74, 6) is 7.76. The zero-order chi connectivity index (χ0) is 8.97. The summed E-state index contributed by atoms with van der Waals surface area (Å²) in [6.45, 7) is 1.96. The first-order chi connectivity index (χ1) is 5.76. The number of aromatic nitrogens is 1. The number of nitrogens with zero attached hydrogens (tertiary/aromatic N) is 1. The Hall–Kier alpha value is -0.890. The van der Waals surface area contributed by atoms with Gasteiger partial charge in [0.15, 0.2) is 0 Å². The molecule has 1 atom stereocenters. The molecule has 1 aromatic heterocycles. The van der Waals surface area contributed by atoms with E-state index in [-0.39, 0.29) is 6.04 Å². The normalized spacial score (nSPS) is 12.4. The molecule has 0 saturated carbocycles. The van der Waals surface area contributed by atoms with Gasteiger partial charge in [0.1, 0.15) is 0 Å². The van der Waals surface area contributed by atoms with Gasteiger partial charge in [-0.2, -0.15) is 0 Å². The van der Waals surface area contributed by atoms with Crippen LogP contribution in [0.2, 0.25) is 0 Å². The van der Waals surface area contributed by atoms with Crippen molar-refractivity contribution in [2.75, 3.05) is 0 Å². The van der Waals surface area contributed by atoms with E-state index < -0.39 is 0 Å². The average Bonchev–Trinajstić information content (AvgIpc) is 2.47. The summed E-state index contributed by atoms with van der Waals surface area (Å²) in [5, 5.41) is 3.02. The van der Waals surface area contributed by atoms with Crippen LogP contribution in [0, 0.1) is 19.3 Å². The van der Waals surface area contributed by atoms with Crippen LogP contribution >= 0.6 is 11.3 Å². The molecule has 0 aliphatic rings. The Morgan fingerprint density at radius 3 is 3.08 bits per heavy atom. The van der Waals surface area contributed by atoms with Gasteiger partial charge < -0.3 is 0 Å². The standard InChI is InChI=1S/C8H11N3S/c1-3-7(11-9)4-8-10-6(2)5-12-8/h1,5,7,11H,4,9H2,2H3. The van der Waals surface area contributed by atoms with E-state index in [0.717, 1.165) is 10.7 Å². The molecule has 0 aliphatic heterocycles. The topological polar surface area (TPSA) is 50.9 Å². The van der Waals surface area contributed by atoms with E-state index in [2.05, 4.69) is 16.3 Å². The molecule has 12 heavy (non-hydrogen) atoms. The summed E-state index contributed by atoms with van der Waals surface area (Å²) in [7, 11) is 0. The van der Waals surface area contributed by atoms with E-state index >= 15 is 0 Å². The lowest BCUT2D eigenvalue weighted by Crippen LogP contribution is -2.35. The van der Waals surface area contributed by atoms with Crippen molar-refractivity contribution >= 4 is 11.3 Å². The van der Waals surface area contributed by atoms with E-state index in [1.165, 1.54) is 0 Å². The molecule has 1 rings (SSSR count). The van der Waals surface area contributed by atoms with Crippen molar-refractivity contribution in [2.45, 2.75) is 19.4 Å². The fourth-order valence-electron chi connectivity index (χ4n) is 0.837. The van der Waals surface area contributed by atoms with Gasteiger partial charge in [-0.05, 0) is 6.92 Å². The molecule has 3 N–H and O–H groups in total. The molecule has 4 heteroatoms. The highest BCUT2D eigenvalue weighted by atomic mass is 32.1. The van der Waals surface area contributed by atoms with Gasteiger partial charge in [-0.15, -0.1) is 17.8 Å². The first-order valence-corrected chi connectivity index (χ1v) is 4.47. The number of hydrogen-bond donors (Lipinski definition) is 2. The first-order valence-electron chi connectivity index (χ1n) is 3.59. The summed E-state index contributed by atoms with van der Waals surface area (Å²) < 4.78 is 0. The van der Waals surface area contributed by atoms with Crippen LogP contribution in [0.25, 0.3) is 0 Å². The lowest BCUT2D eigenvalue weighted by atomic mass is 10.2. The number of nitrogens with two attached hydrogens (primary N) is 1. The zero-order valence-corrected chi connectivity index (χ0v) is 7.69. The fraction of sp³-hybridized carbons (Fsp3) is 0.375. The molecular formula is C8H11N3S. The van der Waals surface area contributed by atoms with Crippen molar-refractivity contribution in [1.82, 2.24) is 10.4 Å². The monoisotopic (exact) mass is 181 g/mol. The van der Waals surface area contributed by atoms with Crippen molar-refractivity contribution in [3.63, 3.8) is 0 Å². The molecular weight excluding hydrogens is 170 g/mol. The van der Waals surface area contributed by atoms with Crippen molar-refractivity contribution in [2.24, 2.45) is 5.84 Å². The van der Waals surface area contributed by atoms with Crippen LogP contribution in [0.15, 0.2) is 5.38 Å². The van der Waals surface area contributed by atoms with E-state index in [4.69, 9.17) is 12.3 Å². The minimum atomic E-state index is -0.115. The third-order valence-corrected chi connectivity index (χ3v) is 2.44. The highest BCUT2D eigenvalue weighted by Crippen LogP contribution is 2.10. The Bertz CT molecular complexity index is 287. The second-order valence-electron chi connectivity index (χ2n) is 2.47. The summed E-state index contributed by atoms with van der Waals surface area (Å²) in [4.78, 5) is 4.27. The fourth-order valence-corrected chi connectivity index (χ4v) is 1.66. The van der Waals surface area contributed by atoms with Gasteiger partial charge in [0, 0.05) is 17.5 Å². The number of aryl methyl sites for hydroxylation is 1. The second kappa shape index (κ2) is 4.21. The second-order valence-corrected chi connectivity index (χ2v) is 3.42. The Balaban J connectivity index is 2.58. The van der Waals surface area contributed by atoms with E-state index in [0.29, 0.717) is 6.42 Å². The van der Waals surface area contributed by atoms with Crippen molar-refractivity contribution in [3.8, 4) is 12.3 Å². The smallest absolute Gasteiger partial charge is 0.0954 e. The number of nitrogens with one attached hydrogen (secondary N) is 1. The summed E-state index contributed by atoms with van der Waals surface area (Å²) >= 11 is 1.61. The minimum absolute atomic E-state index is 0.115. The van der Waals surface area contributed by atoms with Crippen LogP contribution in [0.5, 0.6) is 0 Å². The average molecular weight is 181 g/mol. The van der Waals surface area contributed by atoms with Gasteiger partial charge in [-0.1, -0.05) is 5.92 Å². The minimum Gasteiger partial charge on any atom is -0.270 e. The number of hydrazine groups is 1. The zero-order valence-electron chi connectivity index (χ0n) is 6.87. The molecule has 0 bridgehead atoms. The highest BCUT2D eigenvalue weighted by Gasteiger charge is 2.05. The maximum atomic E-state index is 5.22. The number of thiazole rings is 1. The molecule has 0 fully saturated rings. The number of hydrogen-bond acceptors (Lipinski definition) is 4. The van der Waals surface area contributed by atoms with Gasteiger partial charge in [0.25, 0.3) is 0 Å². The Morgan fingerprint density at radius 2 is 2.67 bits per heavy atom. The third kappa shape index (κ3) is 2.31. The van der Waals surface area contributed by atoms with Gasteiger partial charge in [0.05, 0.1) is 11.0 Å². The van der Waals surface area contributed by atoms with Crippen LogP contribution in [0.4, 0.5) is 0 Å². The summed E-state index contributed by atoms with van der Waals surface area (Å²) in [6.07, 6.45) is 5.92. The molecule has 64 valence electrons. The van der Waals surface area contributed by atoms with E-state index in [1.807, 2.05) is 12.3 Å². The molecule has 0 saturated heterocycles. The molecule has 1 aromatic rings. The molecule has 1 heterocycles. The Kier molecular flexibility index (Phi) is 3.23. The molecule has 0 amide bonds. The highest BCUT2D eigenvalue weighted by molar-refractivity contribution is 7.09. The lowest BCUT2D eigenvalue weighted by Gasteiger charge is -2.04. The largest absolute Gasteiger partial charge is 0.270 e. The molecule has 0 aromatic carbocycles. The Labute approximate surface area is 76.0 Å². The van der Waals surface area contributed by atoms with Gasteiger partial charge in [0.2, 0.25) is 0 Å². The van der Waals surface area contributed by atoms with Crippen molar-refractivity contribution in [3.05, 3.63) is 16.1 Å². The van der Waals surface area contributed by atoms with Crippen molar-refractivity contribution in [1.29, 1.82) is 0 Å². The molecule has 0 radical (unpaired) electrons. The first kappa shape index (κ1) is 9.20. The van der Waals surface area contributed by atoms with Crippen LogP contribution in [0.3, 0.4) is 0 Å². The Morgan fingerprint density at radius 1 is 1.92 bits per heavy atom. The van der Waals surface area contributed by atoms with Crippen LogP contribution in [-0.4, -0.2) is 11.0 Å². The van der Waals surface area contributed by atoms with Gasteiger partial charge in [-0.3, -0.25) is 5.84 Å². The molecule has 3 nitrogen and oxygen atoms in total. The molecule has 0 aliphatic carbocycles. The van der Waals surface area contributed by atoms with Gasteiger partial charge in [-0.25, -0.2) is 10.4 Å². The predicted molar refractivity (Wildman–Crippen MR) is 50.5 cm³/mol.